The number of carbonyl (C=O) groups excluding carboxylic acids is 1. The summed E-state index contributed by atoms with van der Waals surface area (Å²) >= 11 is 0. The fourth-order valence-corrected chi connectivity index (χ4v) is 1.76. The molecule has 1 aromatic rings. The lowest BCUT2D eigenvalue weighted by Crippen LogP contribution is -2.48. The van der Waals surface area contributed by atoms with E-state index in [0.29, 0.717) is 6.54 Å². The van der Waals surface area contributed by atoms with Crippen molar-refractivity contribution in [2.75, 3.05) is 19.0 Å². The molecule has 0 saturated carbocycles. The third-order valence-electron chi connectivity index (χ3n) is 3.24. The zero-order valence-corrected chi connectivity index (χ0v) is 11.8. The van der Waals surface area contributed by atoms with E-state index in [1.807, 2.05) is 13.8 Å². The first-order chi connectivity index (χ1) is 9.03. The van der Waals surface area contributed by atoms with Gasteiger partial charge in [-0.25, -0.2) is 4.79 Å². The molecule has 106 valence electrons. The van der Waals surface area contributed by atoms with E-state index >= 15 is 0 Å². The van der Waals surface area contributed by atoms with Crippen LogP contribution in [0.4, 0.5) is 10.5 Å². The van der Waals surface area contributed by atoms with Crippen molar-refractivity contribution in [2.45, 2.75) is 32.2 Å². The number of nitrogens with one attached hydrogen (secondary N) is 2. The molecule has 2 amide bonds. The van der Waals surface area contributed by atoms with Gasteiger partial charge in [0.1, 0.15) is 5.75 Å². The Balaban J connectivity index is 2.58. The Bertz CT molecular complexity index is 406. The molecule has 19 heavy (non-hydrogen) atoms. The number of ether oxygens (including phenoxy) is 1. The maximum absolute atomic E-state index is 11.9. The van der Waals surface area contributed by atoms with Crippen LogP contribution in [0.5, 0.6) is 5.75 Å². The van der Waals surface area contributed by atoms with Crippen molar-refractivity contribution in [1.29, 1.82) is 0 Å². The van der Waals surface area contributed by atoms with Gasteiger partial charge in [-0.05, 0) is 50.6 Å². The average molecular weight is 265 g/mol. The molecule has 0 saturated heterocycles. The van der Waals surface area contributed by atoms with Crippen molar-refractivity contribution in [3.63, 3.8) is 0 Å². The lowest BCUT2D eigenvalue weighted by molar-refractivity contribution is 0.235. The molecule has 5 nitrogen and oxygen atoms in total. The molecular weight excluding hydrogens is 242 g/mol. The van der Waals surface area contributed by atoms with Crippen molar-refractivity contribution in [3.05, 3.63) is 24.3 Å². The molecule has 0 heterocycles. The normalized spacial score (nSPS) is 13.5. The maximum Gasteiger partial charge on any atom is 0.319 e. The summed E-state index contributed by atoms with van der Waals surface area (Å²) in [5.41, 5.74) is 6.02. The van der Waals surface area contributed by atoms with Gasteiger partial charge in [-0.3, -0.25) is 0 Å². The lowest BCUT2D eigenvalue weighted by Gasteiger charge is -2.29. The SMILES string of the molecule is CCC(C)(CCN)NC(=O)Nc1ccc(OC)cc1. The van der Waals surface area contributed by atoms with Crippen LogP contribution in [0.3, 0.4) is 0 Å². The van der Waals surface area contributed by atoms with Crippen molar-refractivity contribution < 1.29 is 9.53 Å². The minimum Gasteiger partial charge on any atom is -0.497 e. The summed E-state index contributed by atoms with van der Waals surface area (Å²) < 4.78 is 5.06. The molecule has 0 spiro atoms. The minimum absolute atomic E-state index is 0.219. The standard InChI is InChI=1S/C14H23N3O2/c1-4-14(2,9-10-15)17-13(18)16-11-5-7-12(19-3)8-6-11/h5-8H,4,9-10,15H2,1-3H3,(H2,16,17,18). The maximum atomic E-state index is 11.9. The number of amides is 2. The van der Waals surface area contributed by atoms with Crippen LogP contribution in [-0.2, 0) is 0 Å². The van der Waals surface area contributed by atoms with Crippen LogP contribution in [0, 0.1) is 0 Å². The number of urea groups is 1. The minimum atomic E-state index is -0.273. The van der Waals surface area contributed by atoms with E-state index in [1.165, 1.54) is 0 Å². The first-order valence-corrected chi connectivity index (χ1v) is 6.46. The van der Waals surface area contributed by atoms with Crippen molar-refractivity contribution in [2.24, 2.45) is 5.73 Å². The number of hydrogen-bond acceptors (Lipinski definition) is 3. The Morgan fingerprint density at radius 2 is 2.00 bits per heavy atom. The smallest absolute Gasteiger partial charge is 0.319 e. The van der Waals surface area contributed by atoms with Crippen LogP contribution >= 0.6 is 0 Å². The molecule has 5 heteroatoms. The molecule has 1 unspecified atom stereocenters. The Morgan fingerprint density at radius 3 is 2.47 bits per heavy atom. The summed E-state index contributed by atoms with van der Waals surface area (Å²) in [6.07, 6.45) is 1.58. The number of carbonyl (C=O) groups is 1. The summed E-state index contributed by atoms with van der Waals surface area (Å²) in [5, 5.41) is 5.75. The number of hydrogen-bond donors (Lipinski definition) is 3. The highest BCUT2D eigenvalue weighted by Gasteiger charge is 2.23. The second-order valence-electron chi connectivity index (χ2n) is 4.76. The lowest BCUT2D eigenvalue weighted by atomic mass is 9.95. The van der Waals surface area contributed by atoms with Gasteiger partial charge < -0.3 is 21.1 Å². The summed E-state index contributed by atoms with van der Waals surface area (Å²) in [6.45, 7) is 4.57. The molecule has 0 aromatic heterocycles. The number of nitrogens with two attached hydrogens (primary N) is 1. The van der Waals surface area contributed by atoms with Gasteiger partial charge >= 0.3 is 6.03 Å². The molecule has 0 aliphatic carbocycles. The second kappa shape index (κ2) is 6.99. The molecule has 4 N–H and O–H groups in total. The molecule has 0 aliphatic rings. The molecule has 1 atom stereocenters. The zero-order valence-electron chi connectivity index (χ0n) is 11.8. The third kappa shape index (κ3) is 4.79. The highest BCUT2D eigenvalue weighted by molar-refractivity contribution is 5.89. The van der Waals surface area contributed by atoms with Gasteiger partial charge in [-0.1, -0.05) is 6.92 Å². The summed E-state index contributed by atoms with van der Waals surface area (Å²) in [6, 6.07) is 6.97. The Hall–Kier alpha value is -1.75. The molecule has 1 rings (SSSR count). The Labute approximate surface area is 114 Å². The van der Waals surface area contributed by atoms with Crippen LogP contribution < -0.4 is 21.1 Å². The predicted octanol–water partition coefficient (Wildman–Crippen LogP) is 2.33. The van der Waals surface area contributed by atoms with Crippen LogP contribution in [0.1, 0.15) is 26.7 Å². The first kappa shape index (κ1) is 15.3. The van der Waals surface area contributed by atoms with E-state index < -0.39 is 0 Å². The number of methoxy groups -OCH3 is 1. The molecule has 0 fully saturated rings. The largest absolute Gasteiger partial charge is 0.497 e. The second-order valence-corrected chi connectivity index (χ2v) is 4.76. The van der Waals surface area contributed by atoms with Gasteiger partial charge in [0.2, 0.25) is 0 Å². The van der Waals surface area contributed by atoms with Gasteiger partial charge in [0.15, 0.2) is 0 Å². The molecule has 0 aliphatic heterocycles. The fraction of sp³-hybridized carbons (Fsp3) is 0.500. The summed E-state index contributed by atoms with van der Waals surface area (Å²) in [4.78, 5) is 11.9. The Morgan fingerprint density at radius 1 is 1.37 bits per heavy atom. The van der Waals surface area contributed by atoms with Crippen LogP contribution in [0.15, 0.2) is 24.3 Å². The zero-order chi connectivity index (χ0) is 14.3. The van der Waals surface area contributed by atoms with Gasteiger partial charge in [0.25, 0.3) is 0 Å². The number of anilines is 1. The van der Waals surface area contributed by atoms with Crippen LogP contribution in [0.25, 0.3) is 0 Å². The topological polar surface area (TPSA) is 76.4 Å². The monoisotopic (exact) mass is 265 g/mol. The summed E-state index contributed by atoms with van der Waals surface area (Å²) in [5.74, 6) is 0.757. The van der Waals surface area contributed by atoms with E-state index in [4.69, 9.17) is 10.5 Å². The molecular formula is C14H23N3O2. The summed E-state index contributed by atoms with van der Waals surface area (Å²) in [7, 11) is 1.61. The fourth-order valence-electron chi connectivity index (χ4n) is 1.76. The highest BCUT2D eigenvalue weighted by atomic mass is 16.5. The van der Waals surface area contributed by atoms with E-state index in [-0.39, 0.29) is 11.6 Å². The average Bonchev–Trinajstić information content (AvgIpc) is 2.39. The molecule has 0 bridgehead atoms. The highest BCUT2D eigenvalue weighted by Crippen LogP contribution is 2.16. The molecule has 0 radical (unpaired) electrons. The van der Waals surface area contributed by atoms with Gasteiger partial charge in [-0.15, -0.1) is 0 Å². The quantitative estimate of drug-likeness (QED) is 0.739. The predicted molar refractivity (Wildman–Crippen MR) is 77.5 cm³/mol. The van der Waals surface area contributed by atoms with Crippen molar-refractivity contribution in [3.8, 4) is 5.75 Å². The molecule has 1 aromatic carbocycles. The van der Waals surface area contributed by atoms with E-state index in [1.54, 1.807) is 31.4 Å². The van der Waals surface area contributed by atoms with Gasteiger partial charge in [0, 0.05) is 11.2 Å². The van der Waals surface area contributed by atoms with Crippen LogP contribution in [-0.4, -0.2) is 25.2 Å². The first-order valence-electron chi connectivity index (χ1n) is 6.46. The van der Waals surface area contributed by atoms with Crippen molar-refractivity contribution in [1.82, 2.24) is 5.32 Å². The Kier molecular flexibility index (Phi) is 5.63. The number of rotatable bonds is 6. The number of benzene rings is 1. The van der Waals surface area contributed by atoms with E-state index in [9.17, 15) is 4.79 Å². The van der Waals surface area contributed by atoms with E-state index in [2.05, 4.69) is 10.6 Å². The van der Waals surface area contributed by atoms with Gasteiger partial charge in [0.05, 0.1) is 7.11 Å². The van der Waals surface area contributed by atoms with Crippen molar-refractivity contribution >= 4 is 11.7 Å². The van der Waals surface area contributed by atoms with Crippen LogP contribution in [0.2, 0.25) is 0 Å². The van der Waals surface area contributed by atoms with E-state index in [0.717, 1.165) is 24.3 Å². The third-order valence-corrected chi connectivity index (χ3v) is 3.24. The van der Waals surface area contributed by atoms with Gasteiger partial charge in [-0.2, -0.15) is 0 Å².